The highest BCUT2D eigenvalue weighted by Gasteiger charge is 2.27. The molecule has 0 aliphatic carbocycles. The summed E-state index contributed by atoms with van der Waals surface area (Å²) in [6.07, 6.45) is 1.60. The van der Waals surface area contributed by atoms with E-state index in [2.05, 4.69) is 10.4 Å². The Morgan fingerprint density at radius 1 is 1.10 bits per heavy atom. The average molecular weight is 283 g/mol. The molecule has 6 heteroatoms. The number of imide groups is 1. The van der Waals surface area contributed by atoms with Crippen LogP contribution in [0.25, 0.3) is 11.3 Å². The zero-order valence-electron chi connectivity index (χ0n) is 11.6. The molecule has 0 spiro atoms. The highest BCUT2D eigenvalue weighted by atomic mass is 16.3. The number of hydrogen-bond donors (Lipinski definition) is 1. The third-order valence-corrected chi connectivity index (χ3v) is 3.06. The fourth-order valence-corrected chi connectivity index (χ4v) is 2.07. The Morgan fingerprint density at radius 3 is 2.62 bits per heavy atom. The van der Waals surface area contributed by atoms with Gasteiger partial charge in [-0.15, -0.1) is 0 Å². The molecule has 1 aromatic heterocycles. The number of carbonyl (C=O) groups excluding carboxylic acids is 2. The molecule has 0 bridgehead atoms. The first-order valence-electron chi connectivity index (χ1n) is 6.36. The van der Waals surface area contributed by atoms with Crippen molar-refractivity contribution in [3.8, 4) is 11.3 Å². The summed E-state index contributed by atoms with van der Waals surface area (Å²) in [5.74, 6) is 0.488. The first kappa shape index (κ1) is 13.1. The minimum absolute atomic E-state index is 0.361. The fraction of sp³-hybridized carbons (Fsp3) is 0.133. The summed E-state index contributed by atoms with van der Waals surface area (Å²) >= 11 is 0. The van der Waals surface area contributed by atoms with Crippen molar-refractivity contribution in [3.63, 3.8) is 0 Å². The van der Waals surface area contributed by atoms with E-state index in [-0.39, 0.29) is 11.8 Å². The van der Waals surface area contributed by atoms with Gasteiger partial charge in [0.05, 0.1) is 17.3 Å². The lowest BCUT2D eigenvalue weighted by atomic mass is 10.0. The minimum atomic E-state index is -0.377. The summed E-state index contributed by atoms with van der Waals surface area (Å²) in [7, 11) is 3.63. The Hall–Kier alpha value is -2.89. The molecule has 2 amide bonds. The van der Waals surface area contributed by atoms with Gasteiger partial charge in [-0.2, -0.15) is 5.10 Å². The van der Waals surface area contributed by atoms with E-state index < -0.39 is 0 Å². The van der Waals surface area contributed by atoms with E-state index in [1.165, 1.54) is 0 Å². The molecule has 1 N–H and O–H groups in total. The predicted molar refractivity (Wildman–Crippen MR) is 77.2 cm³/mol. The molecule has 1 aliphatic heterocycles. The minimum Gasteiger partial charge on any atom is -0.455 e. The van der Waals surface area contributed by atoms with Crippen molar-refractivity contribution < 1.29 is 14.0 Å². The van der Waals surface area contributed by atoms with Crippen molar-refractivity contribution in [2.45, 2.75) is 0 Å². The summed E-state index contributed by atoms with van der Waals surface area (Å²) < 4.78 is 5.65. The van der Waals surface area contributed by atoms with Crippen LogP contribution in [-0.2, 0) is 0 Å². The fourth-order valence-electron chi connectivity index (χ4n) is 2.07. The van der Waals surface area contributed by atoms with Gasteiger partial charge in [0, 0.05) is 19.7 Å². The lowest BCUT2D eigenvalue weighted by molar-refractivity contribution is 0.0879. The van der Waals surface area contributed by atoms with Gasteiger partial charge in [-0.1, -0.05) is 6.07 Å². The van der Waals surface area contributed by atoms with Crippen molar-refractivity contribution in [1.82, 2.24) is 10.3 Å². The molecular weight excluding hydrogens is 270 g/mol. The second-order valence-electron chi connectivity index (χ2n) is 4.84. The standard InChI is InChI=1S/C15H13N3O3/c1-18(2)16-8-10-4-6-13(21-10)9-3-5-11-12(7-9)15(20)17-14(11)19/h3-8H,1-2H3,(H,17,19,20)/b16-8+. The zero-order valence-corrected chi connectivity index (χ0v) is 11.6. The Labute approximate surface area is 121 Å². The van der Waals surface area contributed by atoms with E-state index in [9.17, 15) is 9.59 Å². The van der Waals surface area contributed by atoms with Crippen molar-refractivity contribution in [2.75, 3.05) is 14.1 Å². The van der Waals surface area contributed by atoms with E-state index in [0.29, 0.717) is 22.6 Å². The van der Waals surface area contributed by atoms with Crippen LogP contribution in [0.1, 0.15) is 26.5 Å². The van der Waals surface area contributed by atoms with Crippen LogP contribution in [0.3, 0.4) is 0 Å². The number of benzene rings is 1. The maximum atomic E-state index is 11.7. The van der Waals surface area contributed by atoms with Gasteiger partial charge in [0.15, 0.2) is 0 Å². The molecule has 106 valence electrons. The number of nitrogens with zero attached hydrogens (tertiary/aromatic N) is 2. The highest BCUT2D eigenvalue weighted by molar-refractivity contribution is 6.21. The van der Waals surface area contributed by atoms with E-state index in [4.69, 9.17) is 4.42 Å². The highest BCUT2D eigenvalue weighted by Crippen LogP contribution is 2.26. The van der Waals surface area contributed by atoms with E-state index in [0.717, 1.165) is 5.56 Å². The second kappa shape index (κ2) is 4.90. The summed E-state index contributed by atoms with van der Waals surface area (Å²) in [5.41, 5.74) is 1.50. The smallest absolute Gasteiger partial charge is 0.258 e. The number of carbonyl (C=O) groups is 2. The van der Waals surface area contributed by atoms with Crippen molar-refractivity contribution in [1.29, 1.82) is 0 Å². The summed E-state index contributed by atoms with van der Waals surface area (Å²) in [6, 6.07) is 8.62. The SMILES string of the molecule is CN(C)/N=C/c1ccc(-c2ccc3c(c2)C(=O)NC3=O)o1. The number of hydrogen-bond acceptors (Lipinski definition) is 5. The molecule has 3 rings (SSSR count). The molecule has 2 heterocycles. The number of hydrazone groups is 1. The topological polar surface area (TPSA) is 74.9 Å². The monoisotopic (exact) mass is 283 g/mol. The normalized spacial score (nSPS) is 13.6. The van der Waals surface area contributed by atoms with Crippen LogP contribution in [0.15, 0.2) is 39.9 Å². The molecule has 0 saturated carbocycles. The van der Waals surface area contributed by atoms with Crippen LogP contribution < -0.4 is 5.32 Å². The summed E-state index contributed by atoms with van der Waals surface area (Å²) in [4.78, 5) is 23.2. The largest absolute Gasteiger partial charge is 0.455 e. The average Bonchev–Trinajstić information content (AvgIpc) is 3.02. The van der Waals surface area contributed by atoms with Gasteiger partial charge in [0.25, 0.3) is 11.8 Å². The zero-order chi connectivity index (χ0) is 15.0. The molecular formula is C15H13N3O3. The van der Waals surface area contributed by atoms with Crippen LogP contribution in [0.2, 0.25) is 0 Å². The first-order chi connectivity index (χ1) is 10.0. The van der Waals surface area contributed by atoms with Gasteiger partial charge >= 0.3 is 0 Å². The van der Waals surface area contributed by atoms with Crippen LogP contribution in [0.4, 0.5) is 0 Å². The number of nitrogens with one attached hydrogen (secondary N) is 1. The number of rotatable bonds is 3. The van der Waals surface area contributed by atoms with Crippen molar-refractivity contribution in [3.05, 3.63) is 47.2 Å². The van der Waals surface area contributed by atoms with E-state index in [1.54, 1.807) is 41.6 Å². The van der Waals surface area contributed by atoms with Gasteiger partial charge in [-0.3, -0.25) is 14.9 Å². The van der Waals surface area contributed by atoms with Crippen molar-refractivity contribution in [2.24, 2.45) is 5.10 Å². The van der Waals surface area contributed by atoms with E-state index in [1.807, 2.05) is 14.1 Å². The van der Waals surface area contributed by atoms with Gasteiger partial charge in [0.2, 0.25) is 0 Å². The Balaban J connectivity index is 1.94. The Bertz CT molecular complexity index is 759. The molecule has 2 aromatic rings. The Morgan fingerprint density at radius 2 is 1.86 bits per heavy atom. The van der Waals surface area contributed by atoms with Crippen LogP contribution in [0.5, 0.6) is 0 Å². The molecule has 21 heavy (non-hydrogen) atoms. The number of furan rings is 1. The molecule has 1 aliphatic rings. The number of fused-ring (bicyclic) bond motifs is 1. The first-order valence-corrected chi connectivity index (χ1v) is 6.36. The number of amides is 2. The van der Waals surface area contributed by atoms with Crippen molar-refractivity contribution >= 4 is 18.0 Å². The quantitative estimate of drug-likeness (QED) is 0.529. The molecule has 0 fully saturated rings. The molecule has 0 radical (unpaired) electrons. The van der Waals surface area contributed by atoms with Gasteiger partial charge in [-0.05, 0) is 24.3 Å². The predicted octanol–water partition coefficient (Wildman–Crippen LogP) is 1.73. The summed E-state index contributed by atoms with van der Waals surface area (Å²) in [5, 5.41) is 8.01. The third-order valence-electron chi connectivity index (χ3n) is 3.06. The molecule has 0 unspecified atom stereocenters. The van der Waals surface area contributed by atoms with Crippen LogP contribution in [0, 0.1) is 0 Å². The molecule has 0 atom stereocenters. The maximum Gasteiger partial charge on any atom is 0.258 e. The lowest BCUT2D eigenvalue weighted by Crippen LogP contribution is -2.19. The third kappa shape index (κ3) is 2.43. The molecule has 0 saturated heterocycles. The van der Waals surface area contributed by atoms with Crippen LogP contribution in [-0.4, -0.2) is 37.1 Å². The maximum absolute atomic E-state index is 11.7. The second-order valence-corrected chi connectivity index (χ2v) is 4.84. The van der Waals surface area contributed by atoms with Gasteiger partial charge < -0.3 is 9.43 Å². The Kier molecular flexibility index (Phi) is 3.06. The van der Waals surface area contributed by atoms with Gasteiger partial charge in [-0.25, -0.2) is 0 Å². The lowest BCUT2D eigenvalue weighted by Gasteiger charge is -2.01. The van der Waals surface area contributed by atoms with E-state index >= 15 is 0 Å². The van der Waals surface area contributed by atoms with Crippen LogP contribution >= 0.6 is 0 Å². The molecule has 1 aromatic carbocycles. The molecule has 6 nitrogen and oxygen atoms in total. The van der Waals surface area contributed by atoms with Gasteiger partial charge in [0.1, 0.15) is 11.5 Å². The summed E-state index contributed by atoms with van der Waals surface area (Å²) in [6.45, 7) is 0.